The lowest BCUT2D eigenvalue weighted by atomic mass is 9.89. The number of halogens is 2. The number of alkyl halides is 2. The van der Waals surface area contributed by atoms with E-state index in [2.05, 4.69) is 15.2 Å². The lowest BCUT2D eigenvalue weighted by Gasteiger charge is -2.40. The van der Waals surface area contributed by atoms with Gasteiger partial charge in [0.05, 0.1) is 11.6 Å². The molecule has 1 N–H and O–H groups in total. The molecule has 0 bridgehead atoms. The SMILES string of the molecule is CC(C)(C)OC(=O)NC1CC(C2CC2)CN(c2ccc(C(F)F)c3ncccc23)C1. The molecule has 162 valence electrons. The maximum absolute atomic E-state index is 13.5. The summed E-state index contributed by atoms with van der Waals surface area (Å²) in [6.07, 6.45) is 1.90. The molecule has 2 aliphatic rings. The number of carbonyl (C=O) groups excluding carboxylic acids is 1. The fourth-order valence-corrected chi connectivity index (χ4v) is 4.45. The summed E-state index contributed by atoms with van der Waals surface area (Å²) in [6, 6.07) is 6.82. The quantitative estimate of drug-likeness (QED) is 0.733. The second kappa shape index (κ2) is 8.00. The Bertz CT molecular complexity index is 924. The Labute approximate surface area is 175 Å². The van der Waals surface area contributed by atoms with Crippen molar-refractivity contribution in [1.82, 2.24) is 10.3 Å². The van der Waals surface area contributed by atoms with Crippen molar-refractivity contribution in [3.63, 3.8) is 0 Å². The van der Waals surface area contributed by atoms with Crippen LogP contribution in [0.25, 0.3) is 10.9 Å². The highest BCUT2D eigenvalue weighted by Gasteiger charge is 2.38. The Morgan fingerprint density at radius 1 is 1.20 bits per heavy atom. The van der Waals surface area contributed by atoms with E-state index in [-0.39, 0.29) is 11.6 Å². The number of aromatic nitrogens is 1. The Morgan fingerprint density at radius 3 is 2.63 bits per heavy atom. The van der Waals surface area contributed by atoms with E-state index in [9.17, 15) is 13.6 Å². The normalized spacial score (nSPS) is 22.4. The fraction of sp³-hybridized carbons (Fsp3) is 0.565. The number of hydrogen-bond acceptors (Lipinski definition) is 4. The van der Waals surface area contributed by atoms with Gasteiger partial charge in [0.1, 0.15) is 5.60 Å². The molecule has 2 atom stereocenters. The van der Waals surface area contributed by atoms with Gasteiger partial charge in [-0.3, -0.25) is 4.98 Å². The summed E-state index contributed by atoms with van der Waals surface area (Å²) in [4.78, 5) is 18.8. The van der Waals surface area contributed by atoms with Crippen LogP contribution in [0, 0.1) is 11.8 Å². The number of amides is 1. The fourth-order valence-electron chi connectivity index (χ4n) is 4.45. The van der Waals surface area contributed by atoms with Gasteiger partial charge in [-0.05, 0) is 76.1 Å². The van der Waals surface area contributed by atoms with E-state index in [0.29, 0.717) is 23.9 Å². The lowest BCUT2D eigenvalue weighted by Crippen LogP contribution is -2.52. The second-order valence-corrected chi connectivity index (χ2v) is 9.46. The van der Waals surface area contributed by atoms with Crippen molar-refractivity contribution >= 4 is 22.7 Å². The zero-order valence-electron chi connectivity index (χ0n) is 17.7. The number of hydrogen-bond donors (Lipinski definition) is 1. The summed E-state index contributed by atoms with van der Waals surface area (Å²) >= 11 is 0. The Morgan fingerprint density at radius 2 is 1.97 bits per heavy atom. The largest absolute Gasteiger partial charge is 0.444 e. The molecule has 4 rings (SSSR count). The molecule has 1 aliphatic heterocycles. The molecular formula is C23H29F2N3O2. The summed E-state index contributed by atoms with van der Waals surface area (Å²) in [5.74, 6) is 1.13. The predicted molar refractivity (Wildman–Crippen MR) is 113 cm³/mol. The summed E-state index contributed by atoms with van der Waals surface area (Å²) in [5.41, 5.74) is 0.633. The minimum absolute atomic E-state index is 0.0477. The van der Waals surface area contributed by atoms with Gasteiger partial charge in [-0.25, -0.2) is 13.6 Å². The standard InChI is InChI=1S/C23H29F2N3O2/c1-23(2,3)30-22(29)27-16-11-15(14-6-7-14)12-28(13-16)19-9-8-18(21(24)25)20-17(19)5-4-10-26-20/h4-5,8-10,14-16,21H,6-7,11-13H2,1-3H3,(H,27,29). The third kappa shape index (κ3) is 4.65. The highest BCUT2D eigenvalue weighted by atomic mass is 19.3. The maximum Gasteiger partial charge on any atom is 0.407 e. The van der Waals surface area contributed by atoms with Crippen LogP contribution >= 0.6 is 0 Å². The van der Waals surface area contributed by atoms with Gasteiger partial charge in [0, 0.05) is 35.9 Å². The van der Waals surface area contributed by atoms with Gasteiger partial charge in [0.2, 0.25) is 0 Å². The minimum Gasteiger partial charge on any atom is -0.444 e. The van der Waals surface area contributed by atoms with Crippen molar-refractivity contribution in [2.24, 2.45) is 11.8 Å². The third-order valence-corrected chi connectivity index (χ3v) is 5.85. The molecule has 7 heteroatoms. The lowest BCUT2D eigenvalue weighted by molar-refractivity contribution is 0.0492. The van der Waals surface area contributed by atoms with Crippen LogP contribution in [0.2, 0.25) is 0 Å². The van der Waals surface area contributed by atoms with E-state index in [1.807, 2.05) is 26.8 Å². The number of nitrogens with zero attached hydrogens (tertiary/aromatic N) is 2. The average Bonchev–Trinajstić information content (AvgIpc) is 3.50. The van der Waals surface area contributed by atoms with Crippen LogP contribution in [-0.4, -0.2) is 35.8 Å². The molecular weight excluding hydrogens is 388 g/mol. The number of piperidine rings is 1. The van der Waals surface area contributed by atoms with Crippen LogP contribution < -0.4 is 10.2 Å². The molecule has 2 aromatic rings. The highest BCUT2D eigenvalue weighted by molar-refractivity contribution is 5.94. The molecule has 2 heterocycles. The molecule has 1 aromatic heterocycles. The van der Waals surface area contributed by atoms with Gasteiger partial charge >= 0.3 is 6.09 Å². The molecule has 1 aliphatic carbocycles. The minimum atomic E-state index is -2.57. The van der Waals surface area contributed by atoms with Crippen LogP contribution in [0.5, 0.6) is 0 Å². The first-order chi connectivity index (χ1) is 14.2. The number of pyridine rings is 1. The van der Waals surface area contributed by atoms with Crippen molar-refractivity contribution in [3.8, 4) is 0 Å². The molecule has 30 heavy (non-hydrogen) atoms. The number of alkyl carbamates (subject to hydrolysis) is 1. The van der Waals surface area contributed by atoms with Gasteiger partial charge in [-0.2, -0.15) is 0 Å². The van der Waals surface area contributed by atoms with Crippen molar-refractivity contribution in [2.75, 3.05) is 18.0 Å². The summed E-state index contributed by atoms with van der Waals surface area (Å²) < 4.78 is 32.4. The number of rotatable bonds is 4. The molecule has 2 unspecified atom stereocenters. The van der Waals surface area contributed by atoms with Crippen molar-refractivity contribution in [1.29, 1.82) is 0 Å². The van der Waals surface area contributed by atoms with Gasteiger partial charge in [-0.1, -0.05) is 0 Å². The molecule has 1 saturated carbocycles. The third-order valence-electron chi connectivity index (χ3n) is 5.85. The Balaban J connectivity index is 1.61. The van der Waals surface area contributed by atoms with E-state index in [1.165, 1.54) is 18.9 Å². The Hall–Kier alpha value is -2.44. The number of benzene rings is 1. The first-order valence-corrected chi connectivity index (χ1v) is 10.6. The van der Waals surface area contributed by atoms with Gasteiger partial charge in [0.15, 0.2) is 0 Å². The van der Waals surface area contributed by atoms with Crippen LogP contribution in [0.3, 0.4) is 0 Å². The first kappa shape index (κ1) is 20.8. The number of ether oxygens (including phenoxy) is 1. The van der Waals surface area contributed by atoms with E-state index in [1.54, 1.807) is 18.3 Å². The van der Waals surface area contributed by atoms with Crippen LogP contribution in [-0.2, 0) is 4.74 Å². The monoisotopic (exact) mass is 417 g/mol. The zero-order chi connectivity index (χ0) is 21.5. The van der Waals surface area contributed by atoms with E-state index in [0.717, 1.165) is 24.0 Å². The van der Waals surface area contributed by atoms with Crippen LogP contribution in [0.15, 0.2) is 30.5 Å². The summed E-state index contributed by atoms with van der Waals surface area (Å²) in [6.45, 7) is 7.00. The van der Waals surface area contributed by atoms with Gasteiger partial charge in [0.25, 0.3) is 6.43 Å². The zero-order valence-corrected chi connectivity index (χ0v) is 17.7. The van der Waals surface area contributed by atoms with Gasteiger partial charge < -0.3 is 15.0 Å². The van der Waals surface area contributed by atoms with E-state index >= 15 is 0 Å². The maximum atomic E-state index is 13.5. The number of nitrogens with one attached hydrogen (secondary N) is 1. The highest BCUT2D eigenvalue weighted by Crippen LogP contribution is 2.43. The average molecular weight is 418 g/mol. The number of fused-ring (bicyclic) bond motifs is 1. The molecule has 1 saturated heterocycles. The van der Waals surface area contributed by atoms with E-state index < -0.39 is 18.1 Å². The van der Waals surface area contributed by atoms with Crippen molar-refractivity contribution < 1.29 is 18.3 Å². The van der Waals surface area contributed by atoms with Gasteiger partial charge in [-0.15, -0.1) is 0 Å². The summed E-state index contributed by atoms with van der Waals surface area (Å²) in [5, 5.41) is 3.75. The van der Waals surface area contributed by atoms with Crippen LogP contribution in [0.4, 0.5) is 19.3 Å². The summed E-state index contributed by atoms with van der Waals surface area (Å²) in [7, 11) is 0. The van der Waals surface area contributed by atoms with Crippen molar-refractivity contribution in [3.05, 3.63) is 36.0 Å². The second-order valence-electron chi connectivity index (χ2n) is 9.46. The molecule has 0 radical (unpaired) electrons. The van der Waals surface area contributed by atoms with Crippen LogP contribution in [0.1, 0.15) is 52.0 Å². The predicted octanol–water partition coefficient (Wildman–Crippen LogP) is 5.30. The molecule has 2 fully saturated rings. The number of anilines is 1. The molecule has 1 amide bonds. The molecule has 5 nitrogen and oxygen atoms in total. The van der Waals surface area contributed by atoms with E-state index in [4.69, 9.17) is 4.74 Å². The first-order valence-electron chi connectivity index (χ1n) is 10.6. The smallest absolute Gasteiger partial charge is 0.407 e. The van der Waals surface area contributed by atoms with Crippen molar-refractivity contribution in [2.45, 2.75) is 58.1 Å². The topological polar surface area (TPSA) is 54.5 Å². The Kier molecular flexibility index (Phi) is 5.55. The molecule has 1 aromatic carbocycles. The molecule has 0 spiro atoms. The number of carbonyl (C=O) groups is 1.